The Morgan fingerprint density at radius 1 is 1.05 bits per heavy atom. The fraction of sp³-hybridized carbons (Fsp3) is 0.250. The van der Waals surface area contributed by atoms with Crippen LogP contribution in [0, 0.1) is 5.82 Å². The number of methoxy groups -OCH3 is 2. The minimum absolute atomic E-state index is 0.0914. The summed E-state index contributed by atoms with van der Waals surface area (Å²) in [6.45, 7) is 0. The maximum atomic E-state index is 13.5. The lowest BCUT2D eigenvalue weighted by atomic mass is 10.0. The molecule has 2 aromatic carbocycles. The zero-order chi connectivity index (χ0) is 15.4. The van der Waals surface area contributed by atoms with E-state index in [0.717, 1.165) is 5.56 Å². The molecule has 0 fully saturated rings. The second kappa shape index (κ2) is 7.01. The molecule has 0 radical (unpaired) electrons. The van der Waals surface area contributed by atoms with Crippen LogP contribution in [-0.4, -0.2) is 14.2 Å². The fourth-order valence-electron chi connectivity index (χ4n) is 2.04. The predicted molar refractivity (Wildman–Crippen MR) is 83.3 cm³/mol. The third kappa shape index (κ3) is 3.80. The Balaban J connectivity index is 2.18. The first-order chi connectivity index (χ1) is 10.0. The summed E-state index contributed by atoms with van der Waals surface area (Å²) < 4.78 is 23.9. The molecule has 0 saturated heterocycles. The van der Waals surface area contributed by atoms with Crippen molar-refractivity contribution in [1.29, 1.82) is 0 Å². The Bertz CT molecular complexity index is 632. The molecule has 0 aliphatic carbocycles. The molecule has 0 heterocycles. The van der Waals surface area contributed by atoms with E-state index in [9.17, 15) is 4.39 Å². The van der Waals surface area contributed by atoms with Gasteiger partial charge in [0.2, 0.25) is 0 Å². The molecule has 0 bridgehead atoms. The van der Waals surface area contributed by atoms with Crippen molar-refractivity contribution in [3.63, 3.8) is 0 Å². The molecular formula is C16H15Cl2FO2. The van der Waals surface area contributed by atoms with Crippen molar-refractivity contribution >= 4 is 23.2 Å². The summed E-state index contributed by atoms with van der Waals surface area (Å²) in [4.78, 5) is 0. The van der Waals surface area contributed by atoms with E-state index in [4.69, 9.17) is 32.7 Å². The number of benzene rings is 2. The molecular weight excluding hydrogens is 314 g/mol. The highest BCUT2D eigenvalue weighted by atomic mass is 35.5. The first-order valence-corrected chi connectivity index (χ1v) is 7.16. The smallest absolute Gasteiger partial charge is 0.160 e. The number of rotatable bonds is 5. The lowest BCUT2D eigenvalue weighted by Gasteiger charge is -2.13. The molecule has 112 valence electrons. The maximum absolute atomic E-state index is 13.5. The number of hydrogen-bond donors (Lipinski definition) is 0. The zero-order valence-corrected chi connectivity index (χ0v) is 13.2. The Morgan fingerprint density at radius 2 is 1.76 bits per heavy atom. The van der Waals surface area contributed by atoms with Gasteiger partial charge >= 0.3 is 0 Å². The van der Waals surface area contributed by atoms with Crippen molar-refractivity contribution in [2.45, 2.75) is 11.8 Å². The lowest BCUT2D eigenvalue weighted by molar-refractivity contribution is 0.354. The second-order valence-corrected chi connectivity index (χ2v) is 5.47. The zero-order valence-electron chi connectivity index (χ0n) is 11.7. The highest BCUT2D eigenvalue weighted by Gasteiger charge is 2.13. The largest absolute Gasteiger partial charge is 0.493 e. The molecule has 2 aromatic rings. The molecule has 2 nitrogen and oxygen atoms in total. The van der Waals surface area contributed by atoms with E-state index in [2.05, 4.69) is 0 Å². The second-order valence-electron chi connectivity index (χ2n) is 4.53. The van der Waals surface area contributed by atoms with Crippen molar-refractivity contribution < 1.29 is 13.9 Å². The molecule has 5 heteroatoms. The van der Waals surface area contributed by atoms with E-state index in [0.29, 0.717) is 23.5 Å². The van der Waals surface area contributed by atoms with Crippen LogP contribution in [0.25, 0.3) is 0 Å². The van der Waals surface area contributed by atoms with E-state index in [1.165, 1.54) is 12.1 Å². The molecule has 0 aromatic heterocycles. The van der Waals surface area contributed by atoms with Crippen LogP contribution < -0.4 is 9.47 Å². The first kappa shape index (κ1) is 15.9. The van der Waals surface area contributed by atoms with Crippen LogP contribution in [0.4, 0.5) is 4.39 Å². The normalized spacial score (nSPS) is 12.0. The third-order valence-electron chi connectivity index (χ3n) is 3.17. The van der Waals surface area contributed by atoms with Crippen molar-refractivity contribution in [1.82, 2.24) is 0 Å². The summed E-state index contributed by atoms with van der Waals surface area (Å²) in [7, 11) is 3.16. The number of ether oxygens (including phenoxy) is 2. The van der Waals surface area contributed by atoms with E-state index in [1.54, 1.807) is 20.3 Å². The average molecular weight is 329 g/mol. The standard InChI is InChI=1S/C16H15Cl2FO2/c1-20-15-6-3-10(8-16(15)21-2)7-13(18)11-4-5-12(17)14(19)9-11/h3-6,8-9,13H,7H2,1-2H3. The van der Waals surface area contributed by atoms with Crippen LogP contribution in [0.1, 0.15) is 16.5 Å². The van der Waals surface area contributed by atoms with Gasteiger partial charge in [0.25, 0.3) is 0 Å². The quantitative estimate of drug-likeness (QED) is 0.717. The van der Waals surface area contributed by atoms with Gasteiger partial charge in [-0.1, -0.05) is 23.7 Å². The summed E-state index contributed by atoms with van der Waals surface area (Å²) >= 11 is 12.0. The van der Waals surface area contributed by atoms with Crippen LogP contribution >= 0.6 is 23.2 Å². The molecule has 2 rings (SSSR count). The van der Waals surface area contributed by atoms with E-state index in [-0.39, 0.29) is 10.4 Å². The monoisotopic (exact) mass is 328 g/mol. The summed E-state index contributed by atoms with van der Waals surface area (Å²) in [5, 5.41) is -0.261. The molecule has 0 N–H and O–H groups in total. The van der Waals surface area contributed by atoms with Gasteiger partial charge in [0.1, 0.15) is 5.82 Å². The van der Waals surface area contributed by atoms with Crippen LogP contribution in [-0.2, 0) is 6.42 Å². The number of hydrogen-bond acceptors (Lipinski definition) is 2. The molecule has 0 aliphatic heterocycles. The van der Waals surface area contributed by atoms with Crippen molar-refractivity contribution in [2.75, 3.05) is 14.2 Å². The Kier molecular flexibility index (Phi) is 5.32. The van der Waals surface area contributed by atoms with E-state index >= 15 is 0 Å². The van der Waals surface area contributed by atoms with Crippen LogP contribution in [0.2, 0.25) is 5.02 Å². The van der Waals surface area contributed by atoms with Gasteiger partial charge in [0.05, 0.1) is 24.6 Å². The van der Waals surface area contributed by atoms with Gasteiger partial charge in [-0.25, -0.2) is 4.39 Å². The third-order valence-corrected chi connectivity index (χ3v) is 3.88. The Morgan fingerprint density at radius 3 is 2.38 bits per heavy atom. The summed E-state index contributed by atoms with van der Waals surface area (Å²) in [6, 6.07) is 10.2. The molecule has 21 heavy (non-hydrogen) atoms. The highest BCUT2D eigenvalue weighted by Crippen LogP contribution is 2.32. The number of halogens is 3. The molecule has 1 atom stereocenters. The lowest BCUT2D eigenvalue weighted by Crippen LogP contribution is -1.98. The molecule has 0 spiro atoms. The fourth-order valence-corrected chi connectivity index (χ4v) is 2.47. The van der Waals surface area contributed by atoms with Crippen molar-refractivity contribution in [3.8, 4) is 11.5 Å². The van der Waals surface area contributed by atoms with E-state index in [1.807, 2.05) is 18.2 Å². The van der Waals surface area contributed by atoms with Gasteiger partial charge in [0.15, 0.2) is 11.5 Å². The minimum atomic E-state index is -0.466. The highest BCUT2D eigenvalue weighted by molar-refractivity contribution is 6.30. The maximum Gasteiger partial charge on any atom is 0.160 e. The average Bonchev–Trinajstić information content (AvgIpc) is 2.49. The van der Waals surface area contributed by atoms with Crippen LogP contribution in [0.15, 0.2) is 36.4 Å². The Labute approximate surface area is 133 Å². The van der Waals surface area contributed by atoms with Crippen LogP contribution in [0.3, 0.4) is 0 Å². The predicted octanol–water partition coefficient (Wildman–Crippen LogP) is 5.02. The summed E-state index contributed by atoms with van der Waals surface area (Å²) in [5.74, 6) is 0.832. The van der Waals surface area contributed by atoms with Gasteiger partial charge in [-0.2, -0.15) is 0 Å². The van der Waals surface area contributed by atoms with Gasteiger partial charge in [0, 0.05) is 0 Å². The topological polar surface area (TPSA) is 18.5 Å². The van der Waals surface area contributed by atoms with Gasteiger partial charge in [-0.15, -0.1) is 11.6 Å². The van der Waals surface area contributed by atoms with Gasteiger partial charge in [-0.3, -0.25) is 0 Å². The van der Waals surface area contributed by atoms with Crippen LogP contribution in [0.5, 0.6) is 11.5 Å². The Hall–Kier alpha value is -1.45. The molecule has 0 aliphatic rings. The van der Waals surface area contributed by atoms with Crippen molar-refractivity contribution in [2.24, 2.45) is 0 Å². The van der Waals surface area contributed by atoms with Gasteiger partial charge in [-0.05, 0) is 41.8 Å². The SMILES string of the molecule is COc1ccc(CC(Cl)c2ccc(Cl)c(F)c2)cc1OC. The first-order valence-electron chi connectivity index (χ1n) is 6.35. The molecule has 0 saturated carbocycles. The minimum Gasteiger partial charge on any atom is -0.493 e. The number of alkyl halides is 1. The molecule has 0 amide bonds. The summed E-state index contributed by atoms with van der Waals surface area (Å²) in [5.41, 5.74) is 1.66. The molecule has 1 unspecified atom stereocenters. The van der Waals surface area contributed by atoms with E-state index < -0.39 is 5.82 Å². The summed E-state index contributed by atoms with van der Waals surface area (Å²) in [6.07, 6.45) is 0.545. The van der Waals surface area contributed by atoms with Gasteiger partial charge < -0.3 is 9.47 Å². The van der Waals surface area contributed by atoms with Crippen molar-refractivity contribution in [3.05, 3.63) is 58.4 Å².